The van der Waals surface area contributed by atoms with E-state index in [1.807, 2.05) is 0 Å². The van der Waals surface area contributed by atoms with Gasteiger partial charge in [-0.15, -0.1) is 0 Å². The molecule has 0 aromatic carbocycles. The van der Waals surface area contributed by atoms with Crippen LogP contribution in [-0.2, 0) is 0 Å². The predicted octanol–water partition coefficient (Wildman–Crippen LogP) is 3.35. The summed E-state index contributed by atoms with van der Waals surface area (Å²) in [6.45, 7) is 0. The Morgan fingerprint density at radius 2 is 1.90 bits per heavy atom. The summed E-state index contributed by atoms with van der Waals surface area (Å²) in [5.74, 6) is 4.08. The van der Waals surface area contributed by atoms with Crippen LogP contribution in [0.2, 0.25) is 0 Å². The normalized spacial score (nSPS) is 19.7. The standard InChI is InChI=1S/C9H13I/c10-8-4-7-9-5-2-1-3-6-9/h9H,1-3,5-7H2. The van der Waals surface area contributed by atoms with Crippen molar-refractivity contribution in [2.75, 3.05) is 0 Å². The zero-order valence-corrected chi connectivity index (χ0v) is 8.36. The Bertz CT molecular complexity index is 135. The van der Waals surface area contributed by atoms with Gasteiger partial charge in [0, 0.05) is 29.0 Å². The van der Waals surface area contributed by atoms with Gasteiger partial charge in [0.15, 0.2) is 0 Å². The minimum absolute atomic E-state index is 0.927. The van der Waals surface area contributed by atoms with E-state index in [0.29, 0.717) is 0 Å². The molecule has 0 nitrogen and oxygen atoms in total. The van der Waals surface area contributed by atoms with Crippen molar-refractivity contribution in [2.24, 2.45) is 5.92 Å². The average molecular weight is 248 g/mol. The van der Waals surface area contributed by atoms with Crippen LogP contribution in [0.3, 0.4) is 0 Å². The molecule has 0 bridgehead atoms. The summed E-state index contributed by atoms with van der Waals surface area (Å²) in [5.41, 5.74) is 0. The van der Waals surface area contributed by atoms with Gasteiger partial charge in [-0.05, 0) is 22.7 Å². The van der Waals surface area contributed by atoms with Crippen LogP contribution in [0.1, 0.15) is 38.5 Å². The topological polar surface area (TPSA) is 0 Å². The Hall–Kier alpha value is 0.290. The van der Waals surface area contributed by atoms with Crippen molar-refractivity contribution in [1.29, 1.82) is 0 Å². The third-order valence-corrected chi connectivity index (χ3v) is 2.56. The Kier molecular flexibility index (Phi) is 4.20. The molecule has 0 unspecified atom stereocenters. The summed E-state index contributed by atoms with van der Waals surface area (Å²) in [6, 6.07) is 0. The van der Waals surface area contributed by atoms with Gasteiger partial charge < -0.3 is 0 Å². The van der Waals surface area contributed by atoms with Crippen molar-refractivity contribution in [1.82, 2.24) is 0 Å². The number of hydrogen-bond donors (Lipinski definition) is 0. The Morgan fingerprint density at radius 1 is 1.20 bits per heavy atom. The number of halogens is 1. The van der Waals surface area contributed by atoms with Gasteiger partial charge in [0.05, 0.1) is 0 Å². The molecule has 1 aliphatic carbocycles. The smallest absolute Gasteiger partial charge is 0.0181 e. The van der Waals surface area contributed by atoms with Crippen molar-refractivity contribution >= 4 is 22.6 Å². The maximum atomic E-state index is 3.15. The molecule has 1 heteroatoms. The molecule has 0 amide bonds. The van der Waals surface area contributed by atoms with Gasteiger partial charge in [-0.3, -0.25) is 0 Å². The van der Waals surface area contributed by atoms with E-state index in [2.05, 4.69) is 32.4 Å². The molecule has 0 spiro atoms. The van der Waals surface area contributed by atoms with Crippen LogP contribution in [0, 0.1) is 15.8 Å². The number of rotatable bonds is 1. The summed E-state index contributed by atoms with van der Waals surface area (Å²) in [4.78, 5) is 0. The van der Waals surface area contributed by atoms with Crippen LogP contribution < -0.4 is 0 Å². The maximum absolute atomic E-state index is 3.15. The molecule has 0 aromatic heterocycles. The van der Waals surface area contributed by atoms with Gasteiger partial charge in [-0.1, -0.05) is 25.2 Å². The minimum Gasteiger partial charge on any atom is -0.0916 e. The minimum atomic E-state index is 0.927. The molecule has 0 saturated heterocycles. The lowest BCUT2D eigenvalue weighted by Gasteiger charge is -2.18. The second-order valence-electron chi connectivity index (χ2n) is 2.98. The van der Waals surface area contributed by atoms with E-state index in [1.165, 1.54) is 32.1 Å². The van der Waals surface area contributed by atoms with Crippen LogP contribution >= 0.6 is 22.6 Å². The van der Waals surface area contributed by atoms with Gasteiger partial charge in [0.25, 0.3) is 0 Å². The molecule has 1 saturated carbocycles. The first-order valence-corrected chi connectivity index (χ1v) is 5.10. The third kappa shape index (κ3) is 2.92. The highest BCUT2D eigenvalue weighted by atomic mass is 127. The van der Waals surface area contributed by atoms with Gasteiger partial charge in [-0.25, -0.2) is 0 Å². The van der Waals surface area contributed by atoms with Crippen LogP contribution in [0.25, 0.3) is 0 Å². The van der Waals surface area contributed by atoms with E-state index < -0.39 is 0 Å². The van der Waals surface area contributed by atoms with Crippen LogP contribution in [0.15, 0.2) is 0 Å². The van der Waals surface area contributed by atoms with E-state index in [4.69, 9.17) is 0 Å². The SMILES string of the molecule is IC#CCC1CCCCC1. The van der Waals surface area contributed by atoms with E-state index in [-0.39, 0.29) is 0 Å². The second kappa shape index (κ2) is 5.01. The molecule has 0 radical (unpaired) electrons. The van der Waals surface area contributed by atoms with Crippen molar-refractivity contribution in [3.8, 4) is 9.85 Å². The molecule has 0 aromatic rings. The number of hydrogen-bond acceptors (Lipinski definition) is 0. The molecule has 0 atom stereocenters. The zero-order chi connectivity index (χ0) is 7.23. The molecule has 10 heavy (non-hydrogen) atoms. The largest absolute Gasteiger partial charge is 0.0916 e. The molecule has 0 N–H and O–H groups in total. The van der Waals surface area contributed by atoms with Gasteiger partial charge in [-0.2, -0.15) is 0 Å². The molecule has 0 heterocycles. The van der Waals surface area contributed by atoms with E-state index >= 15 is 0 Å². The lowest BCUT2D eigenvalue weighted by molar-refractivity contribution is 0.365. The summed E-state index contributed by atoms with van der Waals surface area (Å²) < 4.78 is 2.93. The molecule has 1 fully saturated rings. The average Bonchev–Trinajstić information content (AvgIpc) is 2.03. The fourth-order valence-corrected chi connectivity index (χ4v) is 1.79. The zero-order valence-electron chi connectivity index (χ0n) is 6.20. The lowest BCUT2D eigenvalue weighted by Crippen LogP contribution is -2.04. The highest BCUT2D eigenvalue weighted by Crippen LogP contribution is 2.25. The third-order valence-electron chi connectivity index (χ3n) is 2.18. The van der Waals surface area contributed by atoms with Gasteiger partial charge >= 0.3 is 0 Å². The monoisotopic (exact) mass is 248 g/mol. The second-order valence-corrected chi connectivity index (χ2v) is 3.52. The first-order chi connectivity index (χ1) is 4.93. The van der Waals surface area contributed by atoms with Crippen molar-refractivity contribution in [3.63, 3.8) is 0 Å². The van der Waals surface area contributed by atoms with Crippen LogP contribution in [0.4, 0.5) is 0 Å². The van der Waals surface area contributed by atoms with Crippen molar-refractivity contribution in [3.05, 3.63) is 0 Å². The predicted molar refractivity (Wildman–Crippen MR) is 53.0 cm³/mol. The molecule has 56 valence electrons. The Balaban J connectivity index is 2.17. The first kappa shape index (κ1) is 8.39. The fourth-order valence-electron chi connectivity index (χ4n) is 1.57. The van der Waals surface area contributed by atoms with Crippen molar-refractivity contribution < 1.29 is 0 Å². The molecular formula is C9H13I. The van der Waals surface area contributed by atoms with E-state index in [0.717, 1.165) is 12.3 Å². The molecule has 1 aliphatic rings. The molecule has 1 rings (SSSR count). The summed E-state index contributed by atoms with van der Waals surface area (Å²) in [5, 5.41) is 0. The van der Waals surface area contributed by atoms with E-state index in [9.17, 15) is 0 Å². The van der Waals surface area contributed by atoms with E-state index in [1.54, 1.807) is 0 Å². The summed E-state index contributed by atoms with van der Waals surface area (Å²) in [6.07, 6.45) is 8.31. The molecule has 0 aliphatic heterocycles. The first-order valence-electron chi connectivity index (χ1n) is 4.02. The highest BCUT2D eigenvalue weighted by molar-refractivity contribution is 14.1. The van der Waals surface area contributed by atoms with Gasteiger partial charge in [0.2, 0.25) is 0 Å². The van der Waals surface area contributed by atoms with Crippen LogP contribution in [-0.4, -0.2) is 0 Å². The van der Waals surface area contributed by atoms with Crippen molar-refractivity contribution in [2.45, 2.75) is 38.5 Å². The highest BCUT2D eigenvalue weighted by Gasteiger charge is 2.11. The lowest BCUT2D eigenvalue weighted by atomic mass is 9.87. The molecular weight excluding hydrogens is 235 g/mol. The van der Waals surface area contributed by atoms with Gasteiger partial charge in [0.1, 0.15) is 0 Å². The summed E-state index contributed by atoms with van der Waals surface area (Å²) in [7, 11) is 0. The Labute approximate surface area is 76.9 Å². The summed E-state index contributed by atoms with van der Waals surface area (Å²) >= 11 is 2.12. The maximum Gasteiger partial charge on any atom is 0.0181 e. The quantitative estimate of drug-likeness (QED) is 0.493. The van der Waals surface area contributed by atoms with Crippen LogP contribution in [0.5, 0.6) is 0 Å². The Morgan fingerprint density at radius 3 is 2.50 bits per heavy atom. The fraction of sp³-hybridized carbons (Fsp3) is 0.778.